The zero-order chi connectivity index (χ0) is 26.6. The molecule has 0 aliphatic carbocycles. The second-order valence-corrected chi connectivity index (χ2v) is 8.60. The molecule has 0 aliphatic heterocycles. The van der Waals surface area contributed by atoms with E-state index in [0.717, 1.165) is 32.9 Å². The molecule has 3 aromatic carbocycles. The minimum absolute atomic E-state index is 0.0482. The number of phenolic OH excluding ortho intramolecular Hbond substituents is 1. The molecule has 1 amide bonds. The highest BCUT2D eigenvalue weighted by atomic mass is 16.5. The first-order valence-electron chi connectivity index (χ1n) is 12.0. The number of nitrogens with one attached hydrogen (secondary N) is 2. The first-order valence-corrected chi connectivity index (χ1v) is 12.0. The van der Waals surface area contributed by atoms with Crippen LogP contribution in [-0.2, 0) is 11.3 Å². The Kier molecular flexibility index (Phi) is 6.86. The number of methoxy groups -OCH3 is 3. The molecule has 0 spiro atoms. The van der Waals surface area contributed by atoms with Crippen LogP contribution in [0.4, 0.5) is 0 Å². The average molecular weight is 510 g/mol. The molecule has 0 bridgehead atoms. The van der Waals surface area contributed by atoms with Gasteiger partial charge in [0.15, 0.2) is 11.5 Å². The maximum atomic E-state index is 12.7. The van der Waals surface area contributed by atoms with Gasteiger partial charge >= 0.3 is 0 Å². The third-order valence-corrected chi connectivity index (χ3v) is 6.30. The first kappa shape index (κ1) is 24.7. The van der Waals surface area contributed by atoms with E-state index in [-0.39, 0.29) is 18.2 Å². The largest absolute Gasteiger partial charge is 0.504 e. The number of nitrogens with zero attached hydrogens (tertiary/aromatic N) is 1. The van der Waals surface area contributed by atoms with Crippen LogP contribution in [0.5, 0.6) is 23.0 Å². The van der Waals surface area contributed by atoms with Gasteiger partial charge in [0.25, 0.3) is 0 Å². The lowest BCUT2D eigenvalue weighted by Gasteiger charge is -2.10. The van der Waals surface area contributed by atoms with E-state index < -0.39 is 0 Å². The molecular formula is C30H27N3O5. The van der Waals surface area contributed by atoms with Crippen LogP contribution in [0.25, 0.3) is 39.1 Å². The van der Waals surface area contributed by atoms with Crippen molar-refractivity contribution in [2.75, 3.05) is 21.3 Å². The normalized spacial score (nSPS) is 11.2. The second-order valence-electron chi connectivity index (χ2n) is 8.60. The number of aromatic hydroxyl groups is 1. The number of carbonyl (C=O) groups is 1. The summed E-state index contributed by atoms with van der Waals surface area (Å²) < 4.78 is 16.0. The Morgan fingerprint density at radius 3 is 2.55 bits per heavy atom. The van der Waals surface area contributed by atoms with E-state index in [1.54, 1.807) is 56.7 Å². The lowest BCUT2D eigenvalue weighted by molar-refractivity contribution is -0.116. The van der Waals surface area contributed by atoms with Gasteiger partial charge in [-0.25, -0.2) is 4.98 Å². The molecule has 0 saturated heterocycles. The van der Waals surface area contributed by atoms with Crippen molar-refractivity contribution in [1.82, 2.24) is 15.3 Å². The fourth-order valence-corrected chi connectivity index (χ4v) is 4.39. The quantitative estimate of drug-likeness (QED) is 0.241. The maximum absolute atomic E-state index is 12.7. The van der Waals surface area contributed by atoms with E-state index in [2.05, 4.69) is 10.3 Å². The predicted octanol–water partition coefficient (Wildman–Crippen LogP) is 5.44. The summed E-state index contributed by atoms with van der Waals surface area (Å²) in [6.45, 7) is 0.218. The van der Waals surface area contributed by atoms with Gasteiger partial charge in [0, 0.05) is 33.5 Å². The summed E-state index contributed by atoms with van der Waals surface area (Å²) in [5.74, 6) is 1.43. The highest BCUT2D eigenvalue weighted by Gasteiger charge is 2.15. The van der Waals surface area contributed by atoms with Crippen molar-refractivity contribution in [3.63, 3.8) is 0 Å². The molecule has 192 valence electrons. The Bertz CT molecular complexity index is 1670. The number of fused-ring (bicyclic) bond motifs is 3. The minimum Gasteiger partial charge on any atom is -0.504 e. The van der Waals surface area contributed by atoms with Crippen molar-refractivity contribution in [2.24, 2.45) is 0 Å². The van der Waals surface area contributed by atoms with Gasteiger partial charge in [0.05, 0.1) is 44.8 Å². The smallest absolute Gasteiger partial charge is 0.244 e. The van der Waals surface area contributed by atoms with Crippen LogP contribution in [0.15, 0.2) is 72.8 Å². The van der Waals surface area contributed by atoms with Gasteiger partial charge in [-0.05, 0) is 54.6 Å². The standard InChI is InChI=1S/C30H27N3O5/c1-36-21-10-12-26(37-2)18(14-21)9-13-28(35)31-17-20-16-23-22-6-4-5-7-24(22)33-30(23)29(32-20)19-8-11-25(34)27(15-19)38-3/h4-16,33-34H,17H2,1-3H3,(H,31,35)/b13-9+. The van der Waals surface area contributed by atoms with E-state index in [9.17, 15) is 9.90 Å². The van der Waals surface area contributed by atoms with Crippen LogP contribution in [0.1, 0.15) is 11.3 Å². The monoisotopic (exact) mass is 509 g/mol. The predicted molar refractivity (Wildman–Crippen MR) is 148 cm³/mol. The molecule has 8 heteroatoms. The van der Waals surface area contributed by atoms with Crippen LogP contribution in [0.3, 0.4) is 0 Å². The molecular weight excluding hydrogens is 482 g/mol. The number of para-hydroxylation sites is 1. The van der Waals surface area contributed by atoms with Crippen LogP contribution in [-0.4, -0.2) is 42.3 Å². The number of hydrogen-bond acceptors (Lipinski definition) is 6. The average Bonchev–Trinajstić information content (AvgIpc) is 3.33. The molecule has 2 heterocycles. The van der Waals surface area contributed by atoms with Gasteiger partial charge in [-0.3, -0.25) is 4.79 Å². The summed E-state index contributed by atoms with van der Waals surface area (Å²) in [6, 6.07) is 20.5. The fraction of sp³-hybridized carbons (Fsp3) is 0.133. The number of benzene rings is 3. The van der Waals surface area contributed by atoms with Crippen molar-refractivity contribution in [3.8, 4) is 34.3 Å². The second kappa shape index (κ2) is 10.6. The fourth-order valence-electron chi connectivity index (χ4n) is 4.39. The van der Waals surface area contributed by atoms with Gasteiger partial charge in [0.1, 0.15) is 11.5 Å². The summed E-state index contributed by atoms with van der Waals surface area (Å²) >= 11 is 0. The molecule has 0 saturated carbocycles. The molecule has 0 radical (unpaired) electrons. The molecule has 5 rings (SSSR count). The maximum Gasteiger partial charge on any atom is 0.244 e. The summed E-state index contributed by atoms with van der Waals surface area (Å²) in [5.41, 5.74) is 4.72. The van der Waals surface area contributed by atoms with Crippen LogP contribution in [0, 0.1) is 0 Å². The summed E-state index contributed by atoms with van der Waals surface area (Å²) in [6.07, 6.45) is 3.13. The topological polar surface area (TPSA) is 106 Å². The third-order valence-electron chi connectivity index (χ3n) is 6.30. The lowest BCUT2D eigenvalue weighted by atomic mass is 10.1. The van der Waals surface area contributed by atoms with E-state index >= 15 is 0 Å². The third kappa shape index (κ3) is 4.84. The number of H-pyrrole nitrogens is 1. The highest BCUT2D eigenvalue weighted by molar-refractivity contribution is 6.11. The molecule has 38 heavy (non-hydrogen) atoms. The summed E-state index contributed by atoms with van der Waals surface area (Å²) in [4.78, 5) is 21.0. The first-order chi connectivity index (χ1) is 18.5. The zero-order valence-electron chi connectivity index (χ0n) is 21.2. The van der Waals surface area contributed by atoms with Crippen molar-refractivity contribution >= 4 is 33.8 Å². The zero-order valence-corrected chi connectivity index (χ0v) is 21.2. The Balaban J connectivity index is 1.47. The number of amides is 1. The number of phenols is 1. The number of hydrogen-bond donors (Lipinski definition) is 3. The number of rotatable bonds is 8. The number of ether oxygens (including phenoxy) is 3. The SMILES string of the molecule is COc1ccc(OC)c(/C=C/C(=O)NCc2cc3c([nH]c4ccccc43)c(-c3ccc(O)c(OC)c3)n2)c1. The van der Waals surface area contributed by atoms with Gasteiger partial charge in [0.2, 0.25) is 5.91 Å². The Labute approximate surface area is 219 Å². The summed E-state index contributed by atoms with van der Waals surface area (Å²) in [7, 11) is 4.67. The Morgan fingerprint density at radius 2 is 1.76 bits per heavy atom. The molecule has 0 atom stereocenters. The van der Waals surface area contributed by atoms with Gasteiger partial charge < -0.3 is 29.6 Å². The van der Waals surface area contributed by atoms with Crippen molar-refractivity contribution < 1.29 is 24.1 Å². The minimum atomic E-state index is -0.274. The Hall–Kier alpha value is -4.98. The Morgan fingerprint density at radius 1 is 0.947 bits per heavy atom. The van der Waals surface area contributed by atoms with Crippen molar-refractivity contribution in [3.05, 3.63) is 84.1 Å². The van der Waals surface area contributed by atoms with E-state index in [1.807, 2.05) is 30.3 Å². The molecule has 3 N–H and O–H groups in total. The number of aromatic amines is 1. The molecule has 5 aromatic rings. The van der Waals surface area contributed by atoms with Crippen molar-refractivity contribution in [2.45, 2.75) is 6.54 Å². The van der Waals surface area contributed by atoms with Gasteiger partial charge in [-0.15, -0.1) is 0 Å². The van der Waals surface area contributed by atoms with Gasteiger partial charge in [-0.2, -0.15) is 0 Å². The molecule has 0 fully saturated rings. The molecule has 2 aromatic heterocycles. The van der Waals surface area contributed by atoms with Gasteiger partial charge in [-0.1, -0.05) is 18.2 Å². The van der Waals surface area contributed by atoms with Crippen LogP contribution >= 0.6 is 0 Å². The van der Waals surface area contributed by atoms with Crippen molar-refractivity contribution in [1.29, 1.82) is 0 Å². The van der Waals surface area contributed by atoms with E-state index in [1.165, 1.54) is 13.2 Å². The molecule has 0 unspecified atom stereocenters. The summed E-state index contributed by atoms with van der Waals surface area (Å²) in [5, 5.41) is 15.0. The van der Waals surface area contributed by atoms with E-state index in [0.29, 0.717) is 28.6 Å². The number of pyridine rings is 1. The van der Waals surface area contributed by atoms with E-state index in [4.69, 9.17) is 19.2 Å². The molecule has 0 aliphatic rings. The highest BCUT2D eigenvalue weighted by Crippen LogP contribution is 2.36. The van der Waals surface area contributed by atoms with Crippen LogP contribution in [0.2, 0.25) is 0 Å². The number of aromatic nitrogens is 2. The lowest BCUT2D eigenvalue weighted by Crippen LogP contribution is -2.21. The van der Waals surface area contributed by atoms with Crippen LogP contribution < -0.4 is 19.5 Å². The molecule has 8 nitrogen and oxygen atoms in total. The number of carbonyl (C=O) groups excluding carboxylic acids is 1.